The molecule has 4 aromatic carbocycles. The van der Waals surface area contributed by atoms with Crippen LogP contribution in [0.1, 0.15) is 61.9 Å². The maximum Gasteiger partial charge on any atom is 2.00 e. The number of aliphatic carboxylic acids is 1. The van der Waals surface area contributed by atoms with E-state index in [0.29, 0.717) is 40.4 Å². The number of benzene rings is 4. The van der Waals surface area contributed by atoms with Crippen molar-refractivity contribution in [1.29, 1.82) is 0 Å². The van der Waals surface area contributed by atoms with E-state index in [0.717, 1.165) is 18.5 Å². The third kappa shape index (κ3) is 10.3. The van der Waals surface area contributed by atoms with Crippen LogP contribution in [0.3, 0.4) is 0 Å². The minimum Gasteiger partial charge on any atom is -0.861 e. The first-order valence-corrected chi connectivity index (χ1v) is 16.6. The average molecular weight is 738 g/mol. The minimum atomic E-state index is -1.62. The zero-order chi connectivity index (χ0) is 35.0. The Morgan fingerprint density at radius 1 is 0.920 bits per heavy atom. The number of carboxylic acid groups (broad SMARTS) is 1. The zero-order valence-electron chi connectivity index (χ0n) is 28.0. The fourth-order valence-corrected chi connectivity index (χ4v) is 5.95. The summed E-state index contributed by atoms with van der Waals surface area (Å²) in [5, 5.41) is 29.9. The molecule has 3 atom stereocenters. The maximum absolute atomic E-state index is 13.8. The Morgan fingerprint density at radius 3 is 2.18 bits per heavy atom. The molecule has 50 heavy (non-hydrogen) atoms. The fraction of sp³-hybridized carbons (Fsp3) is 0.282. The predicted octanol–water partition coefficient (Wildman–Crippen LogP) is 5.61. The fourth-order valence-electron chi connectivity index (χ4n) is 5.82. The van der Waals surface area contributed by atoms with Crippen molar-refractivity contribution in [2.75, 3.05) is 6.54 Å². The molecule has 262 valence electrons. The number of nitrogens with one attached hydrogen (secondary N) is 1. The standard InChI is InChI=1S/C39H41ClN4O5.Ni/c1-39(2,3)49-38(48)43-34(28-20-22-29(40)23-21-28)35(37(46)47)42-33(27-15-8-5-9-16-27)30-17-10-11-18-31(30)41-36(45)32-19-12-24-44(32)25-26-13-6-4-7-14-26;/h4-11,13-18,20-23,32,34-35H,12,19,24-25H2,1-3H3,(H,41,45)(H,43,48)(H,46,47);/q;+2/p-2/t32-,34+,35-;/m1./s1. The number of halogens is 1. The van der Waals surface area contributed by atoms with E-state index in [1.165, 1.54) is 0 Å². The molecule has 1 aliphatic heterocycles. The molecule has 1 aliphatic rings. The summed E-state index contributed by atoms with van der Waals surface area (Å²) < 4.78 is 5.48. The SMILES string of the molecule is CC(C)(C)OC(=O)N[C@@H](c1ccc(Cl)cc1)[C@@H](N=C(c1ccccc1)c1ccccc1N=C([O-])[C@H]1CCCN1Cc1ccccc1)C(=O)[O-].[Ni+2]. The molecule has 0 radical (unpaired) electrons. The van der Waals surface area contributed by atoms with Gasteiger partial charge in [0.05, 0.1) is 23.4 Å². The largest absolute Gasteiger partial charge is 2.00 e. The van der Waals surface area contributed by atoms with Gasteiger partial charge in [-0.1, -0.05) is 103 Å². The van der Waals surface area contributed by atoms with Crippen LogP contribution in [0.25, 0.3) is 0 Å². The first-order chi connectivity index (χ1) is 23.5. The smallest absolute Gasteiger partial charge is 0.861 e. The predicted molar refractivity (Wildman–Crippen MR) is 188 cm³/mol. The molecule has 0 saturated carbocycles. The number of aliphatic imine (C=N–C) groups is 2. The molecule has 1 amide bonds. The number of rotatable bonds is 11. The normalized spacial score (nSPS) is 16.6. The Bertz CT molecular complexity index is 1800. The Balaban J connectivity index is 0.00000562. The van der Waals surface area contributed by atoms with Gasteiger partial charge in [0.1, 0.15) is 11.6 Å². The molecule has 0 aromatic heterocycles. The van der Waals surface area contributed by atoms with Crippen molar-refractivity contribution in [2.45, 2.75) is 63.9 Å². The summed E-state index contributed by atoms with van der Waals surface area (Å²) >= 11 is 6.14. The van der Waals surface area contributed by atoms with Crippen molar-refractivity contribution in [3.63, 3.8) is 0 Å². The average Bonchev–Trinajstić information content (AvgIpc) is 3.53. The second-order valence-corrected chi connectivity index (χ2v) is 13.3. The van der Waals surface area contributed by atoms with Gasteiger partial charge in [0.2, 0.25) is 0 Å². The topological polar surface area (TPSA) is 129 Å². The monoisotopic (exact) mass is 736 g/mol. The van der Waals surface area contributed by atoms with E-state index in [1.807, 2.05) is 36.4 Å². The molecule has 1 fully saturated rings. The molecule has 4 aromatic rings. The molecule has 5 rings (SSSR count). The van der Waals surface area contributed by atoms with E-state index in [2.05, 4.69) is 15.2 Å². The Hall–Kier alpha value is -4.50. The summed E-state index contributed by atoms with van der Waals surface area (Å²) in [5.41, 5.74) is 2.35. The van der Waals surface area contributed by atoms with Crippen molar-refractivity contribution >= 4 is 41.0 Å². The molecule has 1 saturated heterocycles. The Kier molecular flexibility index (Phi) is 13.4. The van der Waals surface area contributed by atoms with Crippen LogP contribution in [0.15, 0.2) is 119 Å². The molecule has 0 aliphatic carbocycles. The van der Waals surface area contributed by atoms with Crippen LogP contribution in [0, 0.1) is 0 Å². The number of ether oxygens (including phenoxy) is 1. The van der Waals surface area contributed by atoms with Crippen LogP contribution in [0.4, 0.5) is 10.5 Å². The van der Waals surface area contributed by atoms with Gasteiger partial charge in [-0.25, -0.2) is 4.79 Å². The van der Waals surface area contributed by atoms with Crippen molar-refractivity contribution in [2.24, 2.45) is 9.98 Å². The summed E-state index contributed by atoms with van der Waals surface area (Å²) in [6, 6.07) is 29.2. The number of hydrogen-bond acceptors (Lipinski definition) is 8. The van der Waals surface area contributed by atoms with E-state index in [-0.39, 0.29) is 28.1 Å². The number of amides is 1. The molecule has 1 N–H and O–H groups in total. The van der Waals surface area contributed by atoms with E-state index < -0.39 is 35.8 Å². The second-order valence-electron chi connectivity index (χ2n) is 12.9. The Labute approximate surface area is 308 Å². The molecule has 9 nitrogen and oxygen atoms in total. The first-order valence-electron chi connectivity index (χ1n) is 16.2. The molecule has 1 heterocycles. The van der Waals surface area contributed by atoms with Gasteiger partial charge in [-0.15, -0.1) is 0 Å². The summed E-state index contributed by atoms with van der Waals surface area (Å²) in [5.74, 6) is -1.81. The van der Waals surface area contributed by atoms with E-state index in [4.69, 9.17) is 21.3 Å². The third-order valence-electron chi connectivity index (χ3n) is 8.04. The minimum absolute atomic E-state index is 0. The van der Waals surface area contributed by atoms with Crippen LogP contribution >= 0.6 is 11.6 Å². The first kappa shape index (κ1) is 38.3. The van der Waals surface area contributed by atoms with Gasteiger partial charge in [0.25, 0.3) is 0 Å². The molecular formula is C39H39ClN4NiO5. The van der Waals surface area contributed by atoms with Crippen LogP contribution in [-0.4, -0.2) is 52.8 Å². The maximum atomic E-state index is 13.8. The summed E-state index contributed by atoms with van der Waals surface area (Å²) in [7, 11) is 0. The summed E-state index contributed by atoms with van der Waals surface area (Å²) in [4.78, 5) is 37.5. The van der Waals surface area contributed by atoms with Crippen molar-refractivity contribution in [1.82, 2.24) is 10.2 Å². The van der Waals surface area contributed by atoms with E-state index in [9.17, 15) is 19.8 Å². The van der Waals surface area contributed by atoms with Crippen LogP contribution in [0.2, 0.25) is 5.02 Å². The zero-order valence-corrected chi connectivity index (χ0v) is 29.8. The van der Waals surface area contributed by atoms with Crippen molar-refractivity contribution in [3.8, 4) is 0 Å². The molecule has 11 heteroatoms. The van der Waals surface area contributed by atoms with Crippen LogP contribution in [0.5, 0.6) is 0 Å². The van der Waals surface area contributed by atoms with Gasteiger partial charge in [0, 0.05) is 28.7 Å². The number of carboxylic acids is 1. The third-order valence-corrected chi connectivity index (χ3v) is 8.29. The number of para-hydroxylation sites is 1. The molecule has 0 unspecified atom stereocenters. The van der Waals surface area contributed by atoms with Crippen molar-refractivity contribution in [3.05, 3.63) is 136 Å². The molecule has 0 bridgehead atoms. The quantitative estimate of drug-likeness (QED) is 0.121. The number of likely N-dealkylation sites (tertiary alicyclic amines) is 1. The van der Waals surface area contributed by atoms with Gasteiger partial charge in [-0.3, -0.25) is 14.9 Å². The number of carbonyl (C=O) groups excluding carboxylic acids is 2. The number of hydrogen-bond donors (Lipinski definition) is 1. The Morgan fingerprint density at radius 2 is 1.54 bits per heavy atom. The second kappa shape index (κ2) is 17.4. The summed E-state index contributed by atoms with van der Waals surface area (Å²) in [6.07, 6.45) is 0.733. The van der Waals surface area contributed by atoms with Gasteiger partial charge in [-0.05, 0) is 75.4 Å². The van der Waals surface area contributed by atoms with Crippen LogP contribution in [-0.2, 0) is 32.6 Å². The molecular weight excluding hydrogens is 699 g/mol. The van der Waals surface area contributed by atoms with E-state index >= 15 is 0 Å². The van der Waals surface area contributed by atoms with Gasteiger partial charge in [-0.2, -0.15) is 0 Å². The van der Waals surface area contributed by atoms with Crippen molar-refractivity contribution < 1.29 is 41.0 Å². The summed E-state index contributed by atoms with van der Waals surface area (Å²) in [6.45, 7) is 6.54. The molecule has 0 spiro atoms. The number of carbonyl (C=O) groups is 2. The van der Waals surface area contributed by atoms with Crippen LogP contribution < -0.4 is 15.5 Å². The van der Waals surface area contributed by atoms with E-state index in [1.54, 1.807) is 93.6 Å². The van der Waals surface area contributed by atoms with Gasteiger partial charge < -0.3 is 25.1 Å². The van der Waals surface area contributed by atoms with Gasteiger partial charge >= 0.3 is 22.6 Å². The number of alkyl carbamates (subject to hydrolysis) is 1. The van der Waals surface area contributed by atoms with Gasteiger partial charge in [0.15, 0.2) is 0 Å². The number of nitrogens with zero attached hydrogens (tertiary/aromatic N) is 3.